The third-order valence-corrected chi connectivity index (χ3v) is 7.80. The van der Waals surface area contributed by atoms with Gasteiger partial charge in [0.25, 0.3) is 0 Å². The first-order valence-corrected chi connectivity index (χ1v) is 13.7. The molecule has 212 valence electrons. The summed E-state index contributed by atoms with van der Waals surface area (Å²) in [7, 11) is 0. The number of amidine groups is 1. The Morgan fingerprint density at radius 3 is 2.55 bits per heavy atom. The molecule has 0 amide bonds. The number of nitrogens with one attached hydrogen (secondary N) is 2. The molecule has 5 rings (SSSR count). The molecule has 1 aromatic heterocycles. The number of aryl methyl sites for hydroxylation is 1. The molecule has 2 aliphatic rings. The number of nitrogens with zero attached hydrogens (tertiary/aromatic N) is 3. The maximum atomic E-state index is 13.2. The molecule has 0 bridgehead atoms. The minimum atomic E-state index is -4.27. The van der Waals surface area contributed by atoms with E-state index in [0.29, 0.717) is 43.1 Å². The lowest BCUT2D eigenvalue weighted by atomic mass is 9.96. The summed E-state index contributed by atoms with van der Waals surface area (Å²) in [5, 5.41) is 25.9. The Labute approximate surface area is 231 Å². The smallest absolute Gasteiger partial charge is 0.389 e. The van der Waals surface area contributed by atoms with Gasteiger partial charge in [-0.25, -0.2) is 4.68 Å². The van der Waals surface area contributed by atoms with Gasteiger partial charge in [-0.3, -0.25) is 10.2 Å². The van der Waals surface area contributed by atoms with Crippen molar-refractivity contribution < 1.29 is 23.1 Å². The van der Waals surface area contributed by atoms with E-state index in [4.69, 9.17) is 5.41 Å². The topological polar surface area (TPSA) is 94.2 Å². The lowest BCUT2D eigenvalue weighted by Crippen LogP contribution is -2.42. The Hall–Kier alpha value is -3.82. The number of halogens is 3. The maximum Gasteiger partial charge on any atom is 0.389 e. The van der Waals surface area contributed by atoms with Gasteiger partial charge < -0.3 is 15.3 Å². The highest BCUT2D eigenvalue weighted by Gasteiger charge is 2.30. The number of benzene rings is 2. The van der Waals surface area contributed by atoms with Crippen LogP contribution in [0.3, 0.4) is 0 Å². The van der Waals surface area contributed by atoms with E-state index in [0.717, 1.165) is 35.3 Å². The van der Waals surface area contributed by atoms with E-state index in [9.17, 15) is 23.1 Å². The number of anilines is 1. The quantitative estimate of drug-likeness (QED) is 0.203. The van der Waals surface area contributed by atoms with E-state index in [-0.39, 0.29) is 12.3 Å². The zero-order valence-corrected chi connectivity index (χ0v) is 22.4. The first-order chi connectivity index (χ1) is 19.1. The normalized spacial score (nSPS) is 18.4. The number of piperidine rings is 1. The van der Waals surface area contributed by atoms with Crippen LogP contribution in [0.2, 0.25) is 0 Å². The minimum absolute atomic E-state index is 0.126. The molecule has 0 radical (unpaired) electrons. The summed E-state index contributed by atoms with van der Waals surface area (Å²) in [6, 6.07) is 14.2. The lowest BCUT2D eigenvalue weighted by Gasteiger charge is -2.32. The minimum Gasteiger partial charge on any atom is -0.481 e. The molecule has 1 saturated heterocycles. The monoisotopic (exact) mass is 553 g/mol. The Morgan fingerprint density at radius 2 is 1.90 bits per heavy atom. The number of alkyl halides is 3. The number of carboxylic acid groups (broad SMARTS) is 1. The van der Waals surface area contributed by atoms with Crippen molar-refractivity contribution in [3.05, 3.63) is 77.1 Å². The van der Waals surface area contributed by atoms with Crippen molar-refractivity contribution in [2.75, 3.05) is 18.4 Å². The van der Waals surface area contributed by atoms with E-state index in [2.05, 4.69) is 10.4 Å². The third kappa shape index (κ3) is 6.66. The molecular formula is C30H34F3N5O2. The first-order valence-electron chi connectivity index (χ1n) is 13.7. The summed E-state index contributed by atoms with van der Waals surface area (Å²) in [6.45, 7) is 2.82. The molecule has 40 heavy (non-hydrogen) atoms. The molecule has 1 saturated carbocycles. The number of carbonyl (C=O) groups is 1. The van der Waals surface area contributed by atoms with Crippen LogP contribution in [0.5, 0.6) is 0 Å². The summed E-state index contributed by atoms with van der Waals surface area (Å²) in [4.78, 5) is 13.2. The molecule has 2 heterocycles. The molecule has 0 spiro atoms. The van der Waals surface area contributed by atoms with Crippen molar-refractivity contribution in [1.82, 2.24) is 14.7 Å². The van der Waals surface area contributed by atoms with Crippen LogP contribution in [-0.4, -0.2) is 50.9 Å². The van der Waals surface area contributed by atoms with Crippen molar-refractivity contribution >= 4 is 17.5 Å². The molecule has 3 aromatic rings. The van der Waals surface area contributed by atoms with Crippen molar-refractivity contribution in [2.24, 2.45) is 5.92 Å². The molecule has 1 aliphatic carbocycles. The van der Waals surface area contributed by atoms with Crippen LogP contribution in [0.4, 0.5) is 18.9 Å². The van der Waals surface area contributed by atoms with Crippen LogP contribution in [0, 0.1) is 18.3 Å². The second kappa shape index (κ2) is 11.3. The van der Waals surface area contributed by atoms with Gasteiger partial charge in [0.2, 0.25) is 0 Å². The van der Waals surface area contributed by atoms with E-state index in [1.54, 1.807) is 29.2 Å². The average molecular weight is 554 g/mol. The van der Waals surface area contributed by atoms with Crippen molar-refractivity contribution in [2.45, 2.75) is 63.6 Å². The van der Waals surface area contributed by atoms with Gasteiger partial charge in [0, 0.05) is 42.9 Å². The molecule has 1 unspecified atom stereocenters. The molecule has 10 heteroatoms. The largest absolute Gasteiger partial charge is 0.481 e. The van der Waals surface area contributed by atoms with Gasteiger partial charge in [-0.2, -0.15) is 18.3 Å². The SMILES string of the molecule is Cc1cc(-n2ccc(C3CC3)n2)ccc1C(CCC(F)(F)F)Nc1ccc(C(=N)N2CCC[C@@H](C(=O)O)C2)cc1. The van der Waals surface area contributed by atoms with Crippen LogP contribution in [0.25, 0.3) is 5.69 Å². The molecule has 2 atom stereocenters. The third-order valence-electron chi connectivity index (χ3n) is 7.80. The molecule has 7 nitrogen and oxygen atoms in total. The van der Waals surface area contributed by atoms with E-state index in [1.807, 2.05) is 42.1 Å². The van der Waals surface area contributed by atoms with E-state index < -0.39 is 30.5 Å². The predicted octanol–water partition coefficient (Wildman–Crippen LogP) is 6.68. The van der Waals surface area contributed by atoms with Crippen LogP contribution in [-0.2, 0) is 4.79 Å². The van der Waals surface area contributed by atoms with Crippen LogP contribution >= 0.6 is 0 Å². The standard InChI is InChI=1S/C30H34F3N5O2/c1-19-17-24(38-16-13-26(36-38)20-4-5-20)10-11-25(19)27(12-14-30(31,32)33)35-23-8-6-21(7-9-23)28(34)37-15-2-3-22(18-37)29(39)40/h6-11,13,16-17,20,22,27,34-35H,2-5,12,14-15,18H2,1H3,(H,39,40)/t22-,27?/m1/s1. The molecular weight excluding hydrogens is 519 g/mol. The molecule has 3 N–H and O–H groups in total. The summed E-state index contributed by atoms with van der Waals surface area (Å²) in [6.07, 6.45) is 0.235. The van der Waals surface area contributed by atoms with Gasteiger partial charge in [0.1, 0.15) is 5.84 Å². The van der Waals surface area contributed by atoms with Crippen LogP contribution in [0.15, 0.2) is 54.7 Å². The maximum absolute atomic E-state index is 13.2. The summed E-state index contributed by atoms with van der Waals surface area (Å²) >= 11 is 0. The highest BCUT2D eigenvalue weighted by Crippen LogP contribution is 2.39. The van der Waals surface area contributed by atoms with Crippen LogP contribution < -0.4 is 5.32 Å². The summed E-state index contributed by atoms with van der Waals surface area (Å²) in [5.74, 6) is -0.555. The zero-order chi connectivity index (χ0) is 28.4. The first kappa shape index (κ1) is 27.7. The summed E-state index contributed by atoms with van der Waals surface area (Å²) in [5.41, 5.74) is 4.88. The second-order valence-corrected chi connectivity index (χ2v) is 10.9. The number of hydrogen-bond donors (Lipinski definition) is 3. The molecule has 2 fully saturated rings. The van der Waals surface area contributed by atoms with Gasteiger partial charge in [0.05, 0.1) is 23.3 Å². The van der Waals surface area contributed by atoms with Crippen molar-refractivity contribution in [1.29, 1.82) is 5.41 Å². The fourth-order valence-corrected chi connectivity index (χ4v) is 5.38. The predicted molar refractivity (Wildman–Crippen MR) is 147 cm³/mol. The molecule has 2 aromatic carbocycles. The Morgan fingerprint density at radius 1 is 1.15 bits per heavy atom. The Balaban J connectivity index is 1.31. The van der Waals surface area contributed by atoms with E-state index >= 15 is 0 Å². The zero-order valence-electron chi connectivity index (χ0n) is 22.4. The van der Waals surface area contributed by atoms with Gasteiger partial charge in [-0.05, 0) is 92.6 Å². The molecule has 1 aliphatic heterocycles. The highest BCUT2D eigenvalue weighted by atomic mass is 19.4. The number of hydrogen-bond acceptors (Lipinski definition) is 4. The average Bonchev–Trinajstić information content (AvgIpc) is 3.66. The number of carboxylic acids is 1. The van der Waals surface area contributed by atoms with Gasteiger partial charge in [-0.15, -0.1) is 0 Å². The highest BCUT2D eigenvalue weighted by molar-refractivity contribution is 5.97. The number of aromatic nitrogens is 2. The Kier molecular flexibility index (Phi) is 7.87. The number of rotatable bonds is 9. The number of aliphatic carboxylic acids is 1. The second-order valence-electron chi connectivity index (χ2n) is 10.9. The van der Waals surface area contributed by atoms with E-state index in [1.165, 1.54) is 0 Å². The van der Waals surface area contributed by atoms with Crippen molar-refractivity contribution in [3.8, 4) is 5.69 Å². The van der Waals surface area contributed by atoms with Crippen LogP contribution in [0.1, 0.15) is 72.9 Å². The summed E-state index contributed by atoms with van der Waals surface area (Å²) < 4.78 is 41.5. The Bertz CT molecular complexity index is 1360. The van der Waals surface area contributed by atoms with Gasteiger partial charge >= 0.3 is 12.1 Å². The van der Waals surface area contributed by atoms with Gasteiger partial charge in [0.15, 0.2) is 0 Å². The fraction of sp³-hybridized carbons (Fsp3) is 0.433. The fourth-order valence-electron chi connectivity index (χ4n) is 5.38. The lowest BCUT2D eigenvalue weighted by molar-refractivity contribution is -0.143. The van der Waals surface area contributed by atoms with Crippen molar-refractivity contribution in [3.63, 3.8) is 0 Å². The van der Waals surface area contributed by atoms with Gasteiger partial charge in [-0.1, -0.05) is 6.07 Å². The number of likely N-dealkylation sites (tertiary alicyclic amines) is 1.